The fourth-order valence-corrected chi connectivity index (χ4v) is 17.0. The Balaban J connectivity index is 1.13. The van der Waals surface area contributed by atoms with Crippen molar-refractivity contribution in [3.05, 3.63) is 205 Å². The highest BCUT2D eigenvalue weighted by atomic mass is 32.3. The van der Waals surface area contributed by atoms with Gasteiger partial charge in [-0.05, 0) is 149 Å². The van der Waals surface area contributed by atoms with Gasteiger partial charge in [0.2, 0.25) is 0 Å². The summed E-state index contributed by atoms with van der Waals surface area (Å²) in [5, 5.41) is 2.69. The first-order chi connectivity index (χ1) is 33.2. The van der Waals surface area contributed by atoms with Crippen LogP contribution in [0.4, 0.5) is 34.1 Å². The van der Waals surface area contributed by atoms with Gasteiger partial charge in [0.05, 0.1) is 11.4 Å². The van der Waals surface area contributed by atoms with Crippen LogP contribution in [0.3, 0.4) is 0 Å². The molecule has 0 fully saturated rings. The average Bonchev–Trinajstić information content (AvgIpc) is 3.87. The number of para-hydroxylation sites is 4. The Morgan fingerprint density at radius 3 is 1.87 bits per heavy atom. The number of aromatic nitrogens is 1. The molecule has 0 atom stereocenters. The molecule has 0 bridgehead atoms. The second kappa shape index (κ2) is 14.9. The van der Waals surface area contributed by atoms with Gasteiger partial charge in [-0.15, -0.1) is 10.0 Å². The van der Waals surface area contributed by atoms with E-state index in [-0.39, 0.29) is 6.85 Å². The minimum Gasteiger partial charge on any atom is -0.375 e. The van der Waals surface area contributed by atoms with E-state index < -0.39 is 10.0 Å². The number of hydrogen-bond acceptors (Lipinski definition) is 2. The fourth-order valence-electron chi connectivity index (χ4n) is 12.4. The van der Waals surface area contributed by atoms with E-state index in [0.29, 0.717) is 0 Å². The Kier molecular flexibility index (Phi) is 8.68. The van der Waals surface area contributed by atoms with Crippen LogP contribution in [0.25, 0.3) is 44.1 Å². The summed E-state index contributed by atoms with van der Waals surface area (Å²) in [7, 11) is -1.90. The Bertz CT molecular complexity index is 3600. The number of anilines is 6. The number of aryl methyl sites for hydroxylation is 2. The first kappa shape index (κ1) is 39.0. The lowest BCUT2D eigenvalue weighted by Gasteiger charge is -2.52. The van der Waals surface area contributed by atoms with Crippen LogP contribution in [0.15, 0.2) is 214 Å². The molecule has 0 N–H and O–H groups in total. The molecule has 4 aliphatic rings. The summed E-state index contributed by atoms with van der Waals surface area (Å²) < 4.78 is 2.74. The highest BCUT2D eigenvalue weighted by Gasteiger charge is 2.53. The normalized spacial score (nSPS) is 14.4. The molecular weight excluding hydrogens is 830 g/mol. The van der Waals surface area contributed by atoms with Crippen LogP contribution in [0, 0.1) is 0 Å². The van der Waals surface area contributed by atoms with Crippen molar-refractivity contribution < 1.29 is 0 Å². The van der Waals surface area contributed by atoms with Crippen LogP contribution in [0.1, 0.15) is 50.7 Å². The number of unbranched alkanes of at least 4 members (excludes halogenated alkanes) is 2. The molecule has 14 rings (SSSR count). The van der Waals surface area contributed by atoms with E-state index in [1.165, 1.54) is 127 Å². The molecule has 9 aromatic carbocycles. The van der Waals surface area contributed by atoms with E-state index >= 15 is 0 Å². The first-order valence-corrected chi connectivity index (χ1v) is 26.0. The molecule has 0 saturated carbocycles. The van der Waals surface area contributed by atoms with Crippen molar-refractivity contribution in [2.45, 2.75) is 72.0 Å². The summed E-state index contributed by atoms with van der Waals surface area (Å²) in [6.45, 7) is 4.54. The highest BCUT2D eigenvalue weighted by molar-refractivity contribution is 8.34. The van der Waals surface area contributed by atoms with E-state index in [1.54, 1.807) is 0 Å². The van der Waals surface area contributed by atoms with Gasteiger partial charge >= 0.3 is 6.85 Å². The van der Waals surface area contributed by atoms with Gasteiger partial charge < -0.3 is 14.3 Å². The van der Waals surface area contributed by atoms with Crippen LogP contribution in [0.2, 0.25) is 0 Å². The highest BCUT2D eigenvalue weighted by Crippen LogP contribution is 2.84. The third kappa shape index (κ3) is 5.32. The van der Waals surface area contributed by atoms with Crippen molar-refractivity contribution in [1.82, 2.24) is 4.48 Å². The molecule has 1 spiro atoms. The number of hydrogen-bond donors (Lipinski definition) is 0. The molecule has 0 radical (unpaired) electrons. The number of fused-ring (bicyclic) bond motifs is 16. The number of benzene rings is 9. The minimum absolute atomic E-state index is 0.0433. The van der Waals surface area contributed by atoms with E-state index in [9.17, 15) is 0 Å². The molecule has 322 valence electrons. The predicted octanol–water partition coefficient (Wildman–Crippen LogP) is 16.0. The largest absolute Gasteiger partial charge is 0.375 e. The van der Waals surface area contributed by atoms with Crippen LogP contribution in [-0.2, 0) is 12.8 Å². The SMILES string of the molecule is CCCCc1ccc(N(c2ccccc2)c2cc3c4c(c2)N2c5ccccc5S5(c6ccccc6-c6ccccc65)c5cccc(c52)B4n2c4ccccc4c4cc(CCCC)cc-3c42)cc1. The average molecular weight is 880 g/mol. The van der Waals surface area contributed by atoms with Crippen molar-refractivity contribution in [2.24, 2.45) is 0 Å². The molecule has 0 saturated heterocycles. The predicted molar refractivity (Wildman–Crippen MR) is 284 cm³/mol. The van der Waals surface area contributed by atoms with Gasteiger partial charge in [-0.25, -0.2) is 0 Å². The van der Waals surface area contributed by atoms with Crippen molar-refractivity contribution >= 4 is 83.7 Å². The van der Waals surface area contributed by atoms with Gasteiger partial charge in [-0.2, -0.15) is 0 Å². The summed E-state index contributed by atoms with van der Waals surface area (Å²) in [5.74, 6) is 0. The van der Waals surface area contributed by atoms with Crippen molar-refractivity contribution in [3.63, 3.8) is 0 Å². The molecular formula is C62H50BN3S. The van der Waals surface area contributed by atoms with E-state index in [0.717, 1.165) is 31.4 Å². The first-order valence-electron chi connectivity index (χ1n) is 24.4. The van der Waals surface area contributed by atoms with Gasteiger partial charge in [0, 0.05) is 69.7 Å². The van der Waals surface area contributed by atoms with Crippen molar-refractivity contribution in [1.29, 1.82) is 0 Å². The fraction of sp³-hybridized carbons (Fsp3) is 0.129. The second-order valence-electron chi connectivity index (χ2n) is 18.9. The molecule has 4 aliphatic heterocycles. The van der Waals surface area contributed by atoms with Gasteiger partial charge in [-0.1, -0.05) is 136 Å². The second-order valence-corrected chi connectivity index (χ2v) is 21.9. The van der Waals surface area contributed by atoms with E-state index in [1.807, 2.05) is 0 Å². The maximum absolute atomic E-state index is 2.74. The summed E-state index contributed by atoms with van der Waals surface area (Å²) in [5.41, 5.74) is 20.9. The lowest BCUT2D eigenvalue weighted by Crippen LogP contribution is -2.57. The quantitative estimate of drug-likeness (QED) is 0.134. The lowest BCUT2D eigenvalue weighted by atomic mass is 9.45. The van der Waals surface area contributed by atoms with Crippen LogP contribution < -0.4 is 20.7 Å². The molecule has 5 heterocycles. The third-order valence-electron chi connectivity index (χ3n) is 15.2. The third-order valence-corrected chi connectivity index (χ3v) is 19.2. The summed E-state index contributed by atoms with van der Waals surface area (Å²) >= 11 is 0. The van der Waals surface area contributed by atoms with Gasteiger partial charge in [0.25, 0.3) is 0 Å². The Morgan fingerprint density at radius 2 is 1.10 bits per heavy atom. The molecule has 1 aromatic heterocycles. The molecule has 5 heteroatoms. The molecule has 0 aliphatic carbocycles. The van der Waals surface area contributed by atoms with Gasteiger partial charge in [0.1, 0.15) is 0 Å². The van der Waals surface area contributed by atoms with Crippen LogP contribution in [0.5, 0.6) is 0 Å². The minimum atomic E-state index is -1.90. The molecule has 3 nitrogen and oxygen atoms in total. The zero-order chi connectivity index (χ0) is 44.4. The zero-order valence-electron chi connectivity index (χ0n) is 38.0. The number of nitrogens with zero attached hydrogens (tertiary/aromatic N) is 3. The maximum atomic E-state index is 2.74. The smallest absolute Gasteiger partial charge is 0.333 e. The Labute approximate surface area is 395 Å². The summed E-state index contributed by atoms with van der Waals surface area (Å²) in [6.07, 6.45) is 6.87. The van der Waals surface area contributed by atoms with Crippen LogP contribution in [-0.4, -0.2) is 11.3 Å². The molecule has 0 amide bonds. The maximum Gasteiger partial charge on any atom is 0.333 e. The topological polar surface area (TPSA) is 11.4 Å². The van der Waals surface area contributed by atoms with Crippen molar-refractivity contribution in [2.75, 3.05) is 9.80 Å². The Morgan fingerprint density at radius 1 is 0.463 bits per heavy atom. The lowest BCUT2D eigenvalue weighted by molar-refractivity contribution is 0.795. The van der Waals surface area contributed by atoms with Gasteiger partial charge in [-0.3, -0.25) is 0 Å². The van der Waals surface area contributed by atoms with E-state index in [4.69, 9.17) is 0 Å². The molecule has 10 aromatic rings. The summed E-state index contributed by atoms with van der Waals surface area (Å²) in [6, 6.07) is 75.1. The van der Waals surface area contributed by atoms with Crippen LogP contribution >= 0.6 is 10.0 Å². The Hall–Kier alpha value is -7.21. The van der Waals surface area contributed by atoms with Gasteiger partial charge in [0.15, 0.2) is 0 Å². The summed E-state index contributed by atoms with van der Waals surface area (Å²) in [4.78, 5) is 10.9. The standard InChI is InChI=1S/C62H50BN3S/c1-3-5-19-41-33-35-44(36-34-41)64(43-21-8-7-9-22-43)45-39-49-51-38-42(20-6-4-2)37-50-46-23-10-13-27-53(46)66(61(50)51)63-52-26-18-32-59-62(52)65(55(40-45)60(49)63)54-28-14-17-31-58(54)67(59)56-29-15-11-24-47(56)48-25-12-16-30-57(48)67/h7-18,21-40H,3-6,19-20H2,1-2H3. The molecule has 67 heavy (non-hydrogen) atoms. The number of rotatable bonds is 9. The molecule has 0 unspecified atom stereocenters. The zero-order valence-corrected chi connectivity index (χ0v) is 38.9. The van der Waals surface area contributed by atoms with E-state index in [2.05, 4.69) is 222 Å². The van der Waals surface area contributed by atoms with Crippen molar-refractivity contribution in [3.8, 4) is 22.3 Å². The monoisotopic (exact) mass is 879 g/mol.